The Labute approximate surface area is 128 Å². The summed E-state index contributed by atoms with van der Waals surface area (Å²) in [5.74, 6) is -2.34. The number of carbonyl (C=O) groups excluding carboxylic acids is 2. The van der Waals surface area contributed by atoms with E-state index in [1.54, 1.807) is 0 Å². The summed E-state index contributed by atoms with van der Waals surface area (Å²) in [7, 11) is -4.63. The third-order valence-corrected chi connectivity index (χ3v) is 2.18. The summed E-state index contributed by atoms with van der Waals surface area (Å²) in [4.78, 5) is 20.6. The molecule has 10 heteroatoms. The maximum absolute atomic E-state index is 10.4. The molecule has 2 amide bonds. The number of hydrogen-bond acceptors (Lipinski definition) is 4. The normalized spacial score (nSPS) is 11.8. The van der Waals surface area contributed by atoms with Crippen molar-refractivity contribution in [2.45, 2.75) is 11.7 Å². The summed E-state index contributed by atoms with van der Waals surface area (Å²) in [6.07, 6.45) is -0.811. The van der Waals surface area contributed by atoms with Gasteiger partial charge in [-0.1, -0.05) is 0 Å². The van der Waals surface area contributed by atoms with Gasteiger partial charge in [-0.05, 0) is 0 Å². The monoisotopic (exact) mass is 244 g/mol. The first kappa shape index (κ1) is 20.3. The van der Waals surface area contributed by atoms with Crippen molar-refractivity contribution in [2.24, 2.45) is 11.5 Å². The second kappa shape index (κ2) is 8.05. The van der Waals surface area contributed by atoms with Gasteiger partial charge < -0.3 is 14.3 Å². The van der Waals surface area contributed by atoms with Gasteiger partial charge in [0.25, 0.3) is 10.1 Å². The fraction of sp³-hybridized carbons (Fsp3) is 0.500. The van der Waals surface area contributed by atoms with Crippen LogP contribution in [-0.4, -0.2) is 30.0 Å². The third-order valence-electron chi connectivity index (χ3n) is 1.06. The standard InChI is InChI=1S/C4H8N2O5S.2Na.2H/c5-3(7)1-2(4(6)8)12(9,10)11;;;;/h2H,1H2,(H2,5,7)(H2,6,8)(H,9,10,11);;;;/q;2*+1;2*-1. The molecule has 5 N–H and O–H groups in total. The van der Waals surface area contributed by atoms with Gasteiger partial charge in [-0.25, -0.2) is 0 Å². The summed E-state index contributed by atoms with van der Waals surface area (Å²) in [6.45, 7) is 0. The van der Waals surface area contributed by atoms with Gasteiger partial charge in [-0.2, -0.15) is 8.42 Å². The molecule has 0 radical (unpaired) electrons. The number of carbonyl (C=O) groups is 2. The Bertz CT molecular complexity index is 312. The Balaban J connectivity index is -0.000000101. The fourth-order valence-corrected chi connectivity index (χ4v) is 1.20. The fourth-order valence-electron chi connectivity index (χ4n) is 0.535. The second-order valence-corrected chi connectivity index (χ2v) is 3.68. The summed E-state index contributed by atoms with van der Waals surface area (Å²) in [5.41, 5.74) is 9.19. The molecule has 0 rings (SSSR count). The van der Waals surface area contributed by atoms with Gasteiger partial charge in [-0.3, -0.25) is 14.1 Å². The molecule has 0 saturated carbocycles. The van der Waals surface area contributed by atoms with Crippen molar-refractivity contribution < 1.29 is 84.5 Å². The summed E-state index contributed by atoms with van der Waals surface area (Å²) in [5, 5.41) is -1.95. The van der Waals surface area contributed by atoms with Crippen LogP contribution in [0.3, 0.4) is 0 Å². The van der Waals surface area contributed by atoms with Crippen molar-refractivity contribution in [1.82, 2.24) is 0 Å². The minimum atomic E-state index is -4.63. The molecular weight excluding hydrogens is 234 g/mol. The van der Waals surface area contributed by atoms with E-state index in [1.165, 1.54) is 0 Å². The summed E-state index contributed by atoms with van der Waals surface area (Å²) < 4.78 is 29.1. The van der Waals surface area contributed by atoms with E-state index < -0.39 is 33.6 Å². The molecule has 0 aliphatic rings. The van der Waals surface area contributed by atoms with Crippen LogP contribution in [0.2, 0.25) is 0 Å². The molecule has 0 saturated heterocycles. The maximum Gasteiger partial charge on any atom is 1.00 e. The van der Waals surface area contributed by atoms with Crippen LogP contribution in [0, 0.1) is 0 Å². The van der Waals surface area contributed by atoms with Gasteiger partial charge in [0, 0.05) is 0 Å². The van der Waals surface area contributed by atoms with E-state index in [0.717, 1.165) is 0 Å². The summed E-state index contributed by atoms with van der Waals surface area (Å²) >= 11 is 0. The molecule has 14 heavy (non-hydrogen) atoms. The van der Waals surface area contributed by atoms with Crippen LogP contribution in [0.4, 0.5) is 0 Å². The Morgan fingerprint density at radius 3 is 1.71 bits per heavy atom. The van der Waals surface area contributed by atoms with Crippen molar-refractivity contribution in [3.63, 3.8) is 0 Å². The van der Waals surface area contributed by atoms with Crippen molar-refractivity contribution in [2.75, 3.05) is 0 Å². The Kier molecular flexibility index (Phi) is 11.7. The van der Waals surface area contributed by atoms with Gasteiger partial charge in [0.05, 0.1) is 6.42 Å². The average Bonchev–Trinajstić information content (AvgIpc) is 1.79. The molecule has 0 fully saturated rings. The van der Waals surface area contributed by atoms with E-state index >= 15 is 0 Å². The maximum atomic E-state index is 10.4. The van der Waals surface area contributed by atoms with Crippen molar-refractivity contribution in [3.8, 4) is 0 Å². The molecule has 7 nitrogen and oxygen atoms in total. The first-order chi connectivity index (χ1) is 5.25. The van der Waals surface area contributed by atoms with Crippen molar-refractivity contribution in [1.29, 1.82) is 0 Å². The van der Waals surface area contributed by atoms with Crippen LogP contribution in [0.25, 0.3) is 0 Å². The largest absolute Gasteiger partial charge is 1.00 e. The molecule has 0 aromatic rings. The van der Waals surface area contributed by atoms with E-state index in [4.69, 9.17) is 4.55 Å². The van der Waals surface area contributed by atoms with Crippen LogP contribution in [0.5, 0.6) is 0 Å². The molecule has 0 aromatic carbocycles. The molecule has 0 aromatic heterocycles. The molecule has 1 unspecified atom stereocenters. The van der Waals surface area contributed by atoms with Gasteiger partial charge in [-0.15, -0.1) is 0 Å². The van der Waals surface area contributed by atoms with E-state index in [1.807, 2.05) is 0 Å². The second-order valence-electron chi connectivity index (χ2n) is 2.08. The van der Waals surface area contributed by atoms with Crippen LogP contribution < -0.4 is 70.6 Å². The quantitative estimate of drug-likeness (QED) is 0.332. The van der Waals surface area contributed by atoms with Crippen molar-refractivity contribution >= 4 is 21.9 Å². The van der Waals surface area contributed by atoms with E-state index in [0.29, 0.717) is 0 Å². The zero-order valence-electron chi connectivity index (χ0n) is 9.93. The van der Waals surface area contributed by atoms with Crippen LogP contribution in [-0.2, 0) is 19.7 Å². The van der Waals surface area contributed by atoms with Crippen LogP contribution in [0.15, 0.2) is 0 Å². The van der Waals surface area contributed by atoms with Gasteiger partial charge in [0.2, 0.25) is 11.8 Å². The topological polar surface area (TPSA) is 141 Å². The third kappa shape index (κ3) is 8.18. The number of primary amides is 2. The van der Waals surface area contributed by atoms with Gasteiger partial charge in [0.15, 0.2) is 5.25 Å². The molecule has 74 valence electrons. The predicted molar refractivity (Wildman–Crippen MR) is 40.6 cm³/mol. The number of amides is 2. The number of hydrogen-bond donors (Lipinski definition) is 3. The molecule has 0 aliphatic heterocycles. The van der Waals surface area contributed by atoms with Gasteiger partial charge in [0.1, 0.15) is 0 Å². The zero-order valence-corrected chi connectivity index (χ0v) is 12.7. The zero-order chi connectivity index (χ0) is 9.94. The van der Waals surface area contributed by atoms with E-state index in [-0.39, 0.29) is 62.0 Å². The minimum Gasteiger partial charge on any atom is -1.00 e. The van der Waals surface area contributed by atoms with Crippen molar-refractivity contribution in [3.05, 3.63) is 0 Å². The van der Waals surface area contributed by atoms with E-state index in [9.17, 15) is 18.0 Å². The molecule has 0 bridgehead atoms. The summed E-state index contributed by atoms with van der Waals surface area (Å²) in [6, 6.07) is 0. The first-order valence-corrected chi connectivity index (χ1v) is 4.29. The Morgan fingerprint density at radius 1 is 1.29 bits per heavy atom. The molecular formula is C4H10N2Na2O5S. The molecule has 0 spiro atoms. The van der Waals surface area contributed by atoms with Crippen LogP contribution in [0.1, 0.15) is 9.27 Å². The number of nitrogens with two attached hydrogens (primary N) is 2. The van der Waals surface area contributed by atoms with Crippen LogP contribution >= 0.6 is 0 Å². The molecule has 0 heterocycles. The van der Waals surface area contributed by atoms with E-state index in [2.05, 4.69) is 11.5 Å². The molecule has 0 aliphatic carbocycles. The molecule has 1 atom stereocenters. The Hall–Kier alpha value is 0.850. The SMILES string of the molecule is NC(=O)CC(C(N)=O)S(=O)(=O)O.[H-].[H-].[Na+].[Na+]. The minimum absolute atomic E-state index is 0. The number of rotatable bonds is 4. The Morgan fingerprint density at radius 2 is 1.64 bits per heavy atom. The smallest absolute Gasteiger partial charge is 1.00 e. The first-order valence-electron chi connectivity index (χ1n) is 2.79. The average molecular weight is 244 g/mol. The predicted octanol–water partition coefficient (Wildman–Crippen LogP) is -8.16. The van der Waals surface area contributed by atoms with Gasteiger partial charge >= 0.3 is 59.1 Å².